The quantitative estimate of drug-likeness (QED) is 0.650. The molecule has 1 aromatic heterocycles. The molecule has 27 heavy (non-hydrogen) atoms. The minimum absolute atomic E-state index is 0.00599. The Labute approximate surface area is 156 Å². The molecule has 0 bridgehead atoms. The summed E-state index contributed by atoms with van der Waals surface area (Å²) < 4.78 is 6.85. The number of carbonyl (C=O) groups excluding carboxylic acids is 2. The van der Waals surface area contributed by atoms with E-state index in [1.165, 1.54) is 4.68 Å². The van der Waals surface area contributed by atoms with Crippen LogP contribution in [0, 0.1) is 0 Å². The van der Waals surface area contributed by atoms with Crippen LogP contribution in [-0.4, -0.2) is 44.9 Å². The predicted octanol–water partition coefficient (Wildman–Crippen LogP) is 2.41. The lowest BCUT2D eigenvalue weighted by molar-refractivity contribution is -0.145. The molecule has 0 saturated carbocycles. The summed E-state index contributed by atoms with van der Waals surface area (Å²) in [6.07, 6.45) is 2.14. The van der Waals surface area contributed by atoms with Gasteiger partial charge >= 0.3 is 5.97 Å². The Hall–Kier alpha value is -3.22. The van der Waals surface area contributed by atoms with Crippen molar-refractivity contribution in [2.45, 2.75) is 26.0 Å². The van der Waals surface area contributed by atoms with Gasteiger partial charge in [-0.25, -0.2) is 4.68 Å². The fraction of sp³-hybridized carbons (Fsp3) is 0.300. The van der Waals surface area contributed by atoms with Gasteiger partial charge in [0.2, 0.25) is 0 Å². The highest BCUT2D eigenvalue weighted by molar-refractivity contribution is 5.94. The van der Waals surface area contributed by atoms with Gasteiger partial charge in [-0.05, 0) is 42.7 Å². The van der Waals surface area contributed by atoms with Gasteiger partial charge < -0.3 is 9.64 Å². The highest BCUT2D eigenvalue weighted by Crippen LogP contribution is 2.14. The molecule has 1 saturated heterocycles. The number of hydrogen-bond acceptors (Lipinski definition) is 5. The van der Waals surface area contributed by atoms with Crippen molar-refractivity contribution in [3.8, 4) is 0 Å². The fourth-order valence-electron chi connectivity index (χ4n) is 3.21. The van der Waals surface area contributed by atoms with E-state index in [4.69, 9.17) is 4.74 Å². The molecule has 1 aliphatic heterocycles. The molecule has 4 rings (SSSR count). The molecule has 1 amide bonds. The van der Waals surface area contributed by atoms with Gasteiger partial charge in [-0.15, -0.1) is 5.10 Å². The van der Waals surface area contributed by atoms with Crippen LogP contribution in [0.2, 0.25) is 0 Å². The number of aromatic nitrogens is 3. The van der Waals surface area contributed by atoms with Crippen molar-refractivity contribution in [2.75, 3.05) is 13.1 Å². The predicted molar refractivity (Wildman–Crippen MR) is 98.9 cm³/mol. The normalized spacial score (nSPS) is 13.9. The van der Waals surface area contributed by atoms with E-state index in [0.29, 0.717) is 5.56 Å². The first-order valence-corrected chi connectivity index (χ1v) is 9.03. The molecule has 0 radical (unpaired) electrons. The number of amides is 1. The van der Waals surface area contributed by atoms with Crippen LogP contribution in [0.1, 0.15) is 28.8 Å². The lowest BCUT2D eigenvalue weighted by Crippen LogP contribution is -2.27. The monoisotopic (exact) mass is 364 g/mol. The second-order valence-electron chi connectivity index (χ2n) is 6.59. The van der Waals surface area contributed by atoms with E-state index >= 15 is 0 Å². The Bertz CT molecular complexity index is 959. The van der Waals surface area contributed by atoms with Crippen LogP contribution in [0.5, 0.6) is 0 Å². The molecular weight excluding hydrogens is 344 g/mol. The molecule has 2 aromatic carbocycles. The maximum Gasteiger partial charge on any atom is 0.328 e. The molecule has 1 fully saturated rings. The number of para-hydroxylation sites is 1. The highest BCUT2D eigenvalue weighted by Gasteiger charge is 2.19. The van der Waals surface area contributed by atoms with Crippen LogP contribution in [0.4, 0.5) is 0 Å². The zero-order valence-electron chi connectivity index (χ0n) is 14.9. The first-order valence-electron chi connectivity index (χ1n) is 9.03. The number of rotatable bonds is 5. The van der Waals surface area contributed by atoms with Gasteiger partial charge in [0.15, 0.2) is 0 Å². The minimum atomic E-state index is -0.386. The van der Waals surface area contributed by atoms with Gasteiger partial charge in [-0.2, -0.15) is 0 Å². The molecule has 7 heteroatoms. The summed E-state index contributed by atoms with van der Waals surface area (Å²) >= 11 is 0. The van der Waals surface area contributed by atoms with E-state index in [1.807, 2.05) is 41.3 Å². The Morgan fingerprint density at radius 1 is 1.00 bits per heavy atom. The van der Waals surface area contributed by atoms with E-state index in [2.05, 4.69) is 10.3 Å². The van der Waals surface area contributed by atoms with Crippen LogP contribution >= 0.6 is 0 Å². The number of fused-ring (bicyclic) bond motifs is 1. The van der Waals surface area contributed by atoms with Gasteiger partial charge in [0.25, 0.3) is 5.91 Å². The number of carbonyl (C=O) groups is 2. The maximum atomic E-state index is 12.3. The summed E-state index contributed by atoms with van der Waals surface area (Å²) in [5, 5.41) is 8.00. The van der Waals surface area contributed by atoms with Crippen molar-refractivity contribution >= 4 is 22.9 Å². The molecule has 0 spiro atoms. The maximum absolute atomic E-state index is 12.3. The zero-order valence-corrected chi connectivity index (χ0v) is 14.9. The van der Waals surface area contributed by atoms with Crippen LogP contribution < -0.4 is 0 Å². The largest absolute Gasteiger partial charge is 0.459 e. The smallest absolute Gasteiger partial charge is 0.328 e. The van der Waals surface area contributed by atoms with Gasteiger partial charge in [0.1, 0.15) is 18.7 Å². The average molecular weight is 364 g/mol. The first-order chi connectivity index (χ1) is 13.2. The molecule has 2 heterocycles. The topological polar surface area (TPSA) is 77.3 Å². The molecule has 0 N–H and O–H groups in total. The molecule has 138 valence electrons. The second kappa shape index (κ2) is 7.57. The van der Waals surface area contributed by atoms with Crippen LogP contribution in [0.3, 0.4) is 0 Å². The summed E-state index contributed by atoms with van der Waals surface area (Å²) in [6.45, 7) is 1.82. The Kier molecular flexibility index (Phi) is 4.82. The third-order valence-electron chi connectivity index (χ3n) is 4.69. The van der Waals surface area contributed by atoms with Crippen LogP contribution in [0.25, 0.3) is 11.0 Å². The number of esters is 1. The van der Waals surface area contributed by atoms with Crippen LogP contribution in [0.15, 0.2) is 48.5 Å². The summed E-state index contributed by atoms with van der Waals surface area (Å²) in [6, 6.07) is 14.7. The van der Waals surface area contributed by atoms with Crippen molar-refractivity contribution < 1.29 is 14.3 Å². The second-order valence-corrected chi connectivity index (χ2v) is 6.59. The van der Waals surface area contributed by atoms with Crippen LogP contribution in [-0.2, 0) is 22.7 Å². The number of hydrogen-bond donors (Lipinski definition) is 0. The summed E-state index contributed by atoms with van der Waals surface area (Å²) in [5.41, 5.74) is 3.04. The SMILES string of the molecule is O=C(Cn1nnc2ccccc21)OCc1ccc(C(=O)N2CCCC2)cc1. The van der Waals surface area contributed by atoms with Gasteiger partial charge in [-0.1, -0.05) is 29.5 Å². The van der Waals surface area contributed by atoms with Crippen molar-refractivity contribution in [2.24, 2.45) is 0 Å². The third-order valence-corrected chi connectivity index (χ3v) is 4.69. The number of benzene rings is 2. The zero-order chi connectivity index (χ0) is 18.6. The lowest BCUT2D eigenvalue weighted by atomic mass is 10.1. The lowest BCUT2D eigenvalue weighted by Gasteiger charge is -2.15. The minimum Gasteiger partial charge on any atom is -0.459 e. The fourth-order valence-corrected chi connectivity index (χ4v) is 3.21. The Morgan fingerprint density at radius 3 is 2.52 bits per heavy atom. The first kappa shape index (κ1) is 17.2. The van der Waals surface area contributed by atoms with Gasteiger partial charge in [-0.3, -0.25) is 9.59 Å². The molecular formula is C20H20N4O3. The molecule has 3 aromatic rings. The third kappa shape index (κ3) is 3.81. The van der Waals surface area contributed by atoms with E-state index in [9.17, 15) is 9.59 Å². The van der Waals surface area contributed by atoms with Crippen molar-refractivity contribution in [1.82, 2.24) is 19.9 Å². The van der Waals surface area contributed by atoms with Crippen molar-refractivity contribution in [1.29, 1.82) is 0 Å². The van der Waals surface area contributed by atoms with Crippen molar-refractivity contribution in [3.63, 3.8) is 0 Å². The summed E-state index contributed by atoms with van der Waals surface area (Å²) in [7, 11) is 0. The standard InChI is InChI=1S/C20H20N4O3/c25-19(13-24-18-6-2-1-5-17(18)21-22-24)27-14-15-7-9-16(10-8-15)20(26)23-11-3-4-12-23/h1-2,5-10H,3-4,11-14H2. The highest BCUT2D eigenvalue weighted by atomic mass is 16.5. The Balaban J connectivity index is 1.33. The van der Waals surface area contributed by atoms with Gasteiger partial charge in [0.05, 0.1) is 5.52 Å². The van der Waals surface area contributed by atoms with E-state index < -0.39 is 0 Å². The van der Waals surface area contributed by atoms with E-state index in [1.54, 1.807) is 12.1 Å². The average Bonchev–Trinajstić information content (AvgIpc) is 3.37. The number of likely N-dealkylation sites (tertiary alicyclic amines) is 1. The van der Waals surface area contributed by atoms with E-state index in [0.717, 1.165) is 42.5 Å². The Morgan fingerprint density at radius 2 is 1.74 bits per heavy atom. The summed E-state index contributed by atoms with van der Waals surface area (Å²) in [5.74, 6) is -0.322. The molecule has 0 atom stereocenters. The van der Waals surface area contributed by atoms with Crippen molar-refractivity contribution in [3.05, 3.63) is 59.7 Å². The molecule has 7 nitrogen and oxygen atoms in total. The molecule has 1 aliphatic rings. The molecule has 0 aliphatic carbocycles. The van der Waals surface area contributed by atoms with E-state index in [-0.39, 0.29) is 25.0 Å². The van der Waals surface area contributed by atoms with Gasteiger partial charge in [0, 0.05) is 18.7 Å². The number of nitrogens with zero attached hydrogens (tertiary/aromatic N) is 4. The summed E-state index contributed by atoms with van der Waals surface area (Å²) in [4.78, 5) is 26.3. The number of ether oxygens (including phenoxy) is 1. The molecule has 0 unspecified atom stereocenters.